The van der Waals surface area contributed by atoms with Crippen LogP contribution in [0.3, 0.4) is 0 Å². The predicted octanol–water partition coefficient (Wildman–Crippen LogP) is 5.13. The maximum absolute atomic E-state index is 12.3. The topological polar surface area (TPSA) is 44.9 Å². The van der Waals surface area contributed by atoms with Crippen LogP contribution in [0, 0.1) is 0 Å². The maximum atomic E-state index is 12.3. The molecule has 0 saturated carbocycles. The van der Waals surface area contributed by atoms with E-state index in [4.69, 9.17) is 11.6 Å². The van der Waals surface area contributed by atoms with Crippen molar-refractivity contribution in [3.8, 4) is 0 Å². The van der Waals surface area contributed by atoms with Gasteiger partial charge in [0.25, 0.3) is 0 Å². The van der Waals surface area contributed by atoms with E-state index in [1.807, 2.05) is 48.7 Å². The normalized spacial score (nSPS) is 11.1. The van der Waals surface area contributed by atoms with Crippen molar-refractivity contribution in [3.63, 3.8) is 0 Å². The quantitative estimate of drug-likeness (QED) is 0.686. The van der Waals surface area contributed by atoms with E-state index in [1.54, 1.807) is 0 Å². The van der Waals surface area contributed by atoms with Crippen LogP contribution in [0.15, 0.2) is 48.7 Å². The minimum Gasteiger partial charge on any atom is -0.361 e. The van der Waals surface area contributed by atoms with E-state index in [9.17, 15) is 4.79 Å². The molecule has 0 saturated heterocycles. The van der Waals surface area contributed by atoms with Gasteiger partial charge in [-0.15, -0.1) is 0 Å². The molecule has 0 unspecified atom stereocenters. The monoisotopic (exact) mass is 326 g/mol. The lowest BCUT2D eigenvalue weighted by molar-refractivity contribution is -0.115. The summed E-state index contributed by atoms with van der Waals surface area (Å²) in [6, 6.07) is 13.6. The summed E-state index contributed by atoms with van der Waals surface area (Å²) in [6.45, 7) is 4.30. The molecule has 3 nitrogen and oxygen atoms in total. The number of benzene rings is 2. The lowest BCUT2D eigenvalue weighted by Gasteiger charge is -2.08. The number of amides is 1. The Morgan fingerprint density at radius 3 is 2.61 bits per heavy atom. The highest BCUT2D eigenvalue weighted by atomic mass is 35.5. The Morgan fingerprint density at radius 1 is 1.17 bits per heavy atom. The molecule has 23 heavy (non-hydrogen) atoms. The number of fused-ring (bicyclic) bond motifs is 1. The van der Waals surface area contributed by atoms with Crippen LogP contribution in [0.2, 0.25) is 5.02 Å². The maximum Gasteiger partial charge on any atom is 0.228 e. The van der Waals surface area contributed by atoms with Gasteiger partial charge in [-0.05, 0) is 47.4 Å². The summed E-state index contributed by atoms with van der Waals surface area (Å²) in [7, 11) is 0. The molecule has 1 amide bonds. The van der Waals surface area contributed by atoms with Gasteiger partial charge in [0.1, 0.15) is 0 Å². The number of rotatable bonds is 4. The van der Waals surface area contributed by atoms with Crippen molar-refractivity contribution in [2.24, 2.45) is 0 Å². The van der Waals surface area contributed by atoms with Crippen LogP contribution < -0.4 is 5.32 Å². The largest absolute Gasteiger partial charge is 0.361 e. The number of halogens is 1. The lowest BCUT2D eigenvalue weighted by atomic mass is 10.0. The van der Waals surface area contributed by atoms with Crippen molar-refractivity contribution in [2.75, 3.05) is 5.32 Å². The first-order chi connectivity index (χ1) is 11.0. The van der Waals surface area contributed by atoms with Crippen molar-refractivity contribution < 1.29 is 4.79 Å². The van der Waals surface area contributed by atoms with E-state index in [1.165, 1.54) is 5.56 Å². The first kappa shape index (κ1) is 15.6. The van der Waals surface area contributed by atoms with Crippen LogP contribution in [-0.2, 0) is 11.2 Å². The number of carbonyl (C=O) groups is 1. The molecule has 2 N–H and O–H groups in total. The summed E-state index contributed by atoms with van der Waals surface area (Å²) in [6.07, 6.45) is 2.18. The number of aromatic amines is 1. The highest BCUT2D eigenvalue weighted by Crippen LogP contribution is 2.23. The number of anilines is 1. The van der Waals surface area contributed by atoms with Crippen LogP contribution in [0.25, 0.3) is 10.9 Å². The highest BCUT2D eigenvalue weighted by molar-refractivity contribution is 6.31. The Hall–Kier alpha value is -2.26. The summed E-state index contributed by atoms with van der Waals surface area (Å²) < 4.78 is 0. The van der Waals surface area contributed by atoms with Crippen LogP contribution in [-0.4, -0.2) is 10.9 Å². The first-order valence-corrected chi connectivity index (χ1v) is 8.06. The lowest BCUT2D eigenvalue weighted by Crippen LogP contribution is -2.14. The van der Waals surface area contributed by atoms with Crippen LogP contribution in [0.4, 0.5) is 5.69 Å². The van der Waals surface area contributed by atoms with Gasteiger partial charge in [0, 0.05) is 27.8 Å². The molecule has 0 fully saturated rings. The Morgan fingerprint density at radius 2 is 1.91 bits per heavy atom. The number of hydrogen-bond acceptors (Lipinski definition) is 1. The molecule has 0 aliphatic rings. The molecule has 0 radical (unpaired) electrons. The van der Waals surface area contributed by atoms with Gasteiger partial charge in [-0.25, -0.2) is 0 Å². The van der Waals surface area contributed by atoms with Gasteiger partial charge in [0.2, 0.25) is 5.91 Å². The van der Waals surface area contributed by atoms with Gasteiger partial charge in [0.15, 0.2) is 0 Å². The number of carbonyl (C=O) groups excluding carboxylic acids is 1. The number of nitrogens with one attached hydrogen (secondary N) is 2. The second-order valence-electron chi connectivity index (χ2n) is 6.01. The average molecular weight is 327 g/mol. The van der Waals surface area contributed by atoms with E-state index in [-0.39, 0.29) is 5.91 Å². The number of aromatic nitrogens is 1. The van der Waals surface area contributed by atoms with Crippen molar-refractivity contribution in [2.45, 2.75) is 26.2 Å². The average Bonchev–Trinajstić information content (AvgIpc) is 2.90. The number of hydrogen-bond donors (Lipinski definition) is 2. The fourth-order valence-corrected chi connectivity index (χ4v) is 2.80. The predicted molar refractivity (Wildman–Crippen MR) is 96.2 cm³/mol. The SMILES string of the molecule is CC(C)c1ccc(NC(=O)Cc2c[nH]c3ccc(Cl)cc23)cc1. The summed E-state index contributed by atoms with van der Waals surface area (Å²) in [4.78, 5) is 15.4. The summed E-state index contributed by atoms with van der Waals surface area (Å²) in [5.41, 5.74) is 4.00. The molecule has 0 bridgehead atoms. The molecular weight excluding hydrogens is 308 g/mol. The molecule has 118 valence electrons. The molecule has 1 aromatic heterocycles. The molecule has 1 heterocycles. The zero-order chi connectivity index (χ0) is 16.4. The Balaban J connectivity index is 1.72. The van der Waals surface area contributed by atoms with Gasteiger partial charge in [-0.3, -0.25) is 4.79 Å². The zero-order valence-electron chi connectivity index (χ0n) is 13.2. The van der Waals surface area contributed by atoms with Gasteiger partial charge in [0.05, 0.1) is 6.42 Å². The molecule has 0 atom stereocenters. The third-order valence-corrected chi connectivity index (χ3v) is 4.18. The molecule has 3 aromatic rings. The molecular formula is C19H19ClN2O. The van der Waals surface area contributed by atoms with Crippen LogP contribution >= 0.6 is 11.6 Å². The van der Waals surface area contributed by atoms with Crippen molar-refractivity contribution in [3.05, 3.63) is 64.8 Å². The van der Waals surface area contributed by atoms with Crippen molar-refractivity contribution >= 4 is 34.1 Å². The molecule has 4 heteroatoms. The Kier molecular flexibility index (Phi) is 4.39. The standard InChI is InChI=1S/C19H19ClN2O/c1-12(2)13-3-6-16(7-4-13)22-19(23)9-14-11-21-18-8-5-15(20)10-17(14)18/h3-8,10-12,21H,9H2,1-2H3,(H,22,23). The minimum absolute atomic E-state index is 0.0387. The Labute approximate surface area is 140 Å². The van der Waals surface area contributed by atoms with E-state index >= 15 is 0 Å². The third-order valence-electron chi connectivity index (χ3n) is 3.94. The highest BCUT2D eigenvalue weighted by Gasteiger charge is 2.10. The van der Waals surface area contributed by atoms with Gasteiger partial charge < -0.3 is 10.3 Å². The summed E-state index contributed by atoms with van der Waals surface area (Å²) in [5, 5.41) is 4.60. The fraction of sp³-hybridized carbons (Fsp3) is 0.211. The van der Waals surface area contributed by atoms with Gasteiger partial charge >= 0.3 is 0 Å². The zero-order valence-corrected chi connectivity index (χ0v) is 13.9. The molecule has 0 aliphatic carbocycles. The van der Waals surface area contributed by atoms with Gasteiger partial charge in [-0.2, -0.15) is 0 Å². The van der Waals surface area contributed by atoms with E-state index in [0.717, 1.165) is 22.2 Å². The van der Waals surface area contributed by atoms with Crippen LogP contribution in [0.1, 0.15) is 30.9 Å². The van der Waals surface area contributed by atoms with E-state index in [0.29, 0.717) is 17.4 Å². The van der Waals surface area contributed by atoms with E-state index in [2.05, 4.69) is 24.1 Å². The summed E-state index contributed by atoms with van der Waals surface area (Å²) in [5.74, 6) is 0.443. The van der Waals surface area contributed by atoms with Crippen molar-refractivity contribution in [1.82, 2.24) is 4.98 Å². The minimum atomic E-state index is -0.0387. The second kappa shape index (κ2) is 6.47. The van der Waals surface area contributed by atoms with Crippen molar-refractivity contribution in [1.29, 1.82) is 0 Å². The number of H-pyrrole nitrogens is 1. The Bertz CT molecular complexity index is 834. The second-order valence-corrected chi connectivity index (χ2v) is 6.44. The smallest absolute Gasteiger partial charge is 0.228 e. The first-order valence-electron chi connectivity index (χ1n) is 7.68. The van der Waals surface area contributed by atoms with Crippen LogP contribution in [0.5, 0.6) is 0 Å². The third kappa shape index (κ3) is 3.57. The fourth-order valence-electron chi connectivity index (χ4n) is 2.63. The summed E-state index contributed by atoms with van der Waals surface area (Å²) >= 11 is 6.04. The van der Waals surface area contributed by atoms with Gasteiger partial charge in [-0.1, -0.05) is 37.6 Å². The molecule has 2 aromatic carbocycles. The van der Waals surface area contributed by atoms with E-state index < -0.39 is 0 Å². The molecule has 3 rings (SSSR count). The molecule has 0 aliphatic heterocycles. The molecule has 0 spiro atoms.